The molecular formula is C12H12N2O. The van der Waals surface area contributed by atoms with Gasteiger partial charge in [0.2, 0.25) is 0 Å². The number of carbonyl (C=O) groups excluding carboxylic acids is 1. The fraction of sp³-hybridized carbons (Fsp3) is 0.167. The number of nitrogens with zero attached hydrogens (tertiary/aromatic N) is 2. The van der Waals surface area contributed by atoms with Crippen molar-refractivity contribution in [1.29, 1.82) is 0 Å². The lowest BCUT2D eigenvalue weighted by Crippen LogP contribution is -1.96. The second kappa shape index (κ2) is 4.55. The van der Waals surface area contributed by atoms with Gasteiger partial charge in [-0.15, -0.1) is 0 Å². The Balaban J connectivity index is 2.07. The van der Waals surface area contributed by atoms with Gasteiger partial charge in [0.1, 0.15) is 6.29 Å². The average molecular weight is 200 g/mol. The van der Waals surface area contributed by atoms with Crippen LogP contribution in [0.15, 0.2) is 43.0 Å². The van der Waals surface area contributed by atoms with Crippen LogP contribution in [0.5, 0.6) is 0 Å². The van der Waals surface area contributed by atoms with Crippen LogP contribution < -0.4 is 0 Å². The van der Waals surface area contributed by atoms with Gasteiger partial charge in [-0.2, -0.15) is 0 Å². The van der Waals surface area contributed by atoms with Gasteiger partial charge in [0.05, 0.1) is 6.33 Å². The highest BCUT2D eigenvalue weighted by Gasteiger charge is 1.95. The number of benzene rings is 1. The van der Waals surface area contributed by atoms with Gasteiger partial charge < -0.3 is 9.36 Å². The summed E-state index contributed by atoms with van der Waals surface area (Å²) < 4.78 is 2.01. The Hall–Kier alpha value is -1.90. The largest absolute Gasteiger partial charge is 0.333 e. The second-order valence-electron chi connectivity index (χ2n) is 3.42. The zero-order valence-electron chi connectivity index (χ0n) is 8.34. The van der Waals surface area contributed by atoms with Crippen LogP contribution in [0, 0.1) is 0 Å². The summed E-state index contributed by atoms with van der Waals surface area (Å²) in [4.78, 5) is 14.3. The molecule has 0 saturated carbocycles. The molecule has 15 heavy (non-hydrogen) atoms. The van der Waals surface area contributed by atoms with Crippen LogP contribution in [0.3, 0.4) is 0 Å². The quantitative estimate of drug-likeness (QED) is 0.704. The van der Waals surface area contributed by atoms with Crippen LogP contribution in [-0.2, 0) is 17.8 Å². The highest BCUT2D eigenvalue weighted by molar-refractivity contribution is 5.54. The fourth-order valence-electron chi connectivity index (χ4n) is 1.47. The van der Waals surface area contributed by atoms with Gasteiger partial charge in [0.25, 0.3) is 0 Å². The summed E-state index contributed by atoms with van der Waals surface area (Å²) in [7, 11) is 0. The van der Waals surface area contributed by atoms with Crippen LogP contribution in [0.2, 0.25) is 0 Å². The standard InChI is InChI=1S/C12H12N2O/c15-8-5-11-1-3-12(4-2-11)9-14-7-6-13-10-14/h1-4,6-8,10H,5,9H2. The third kappa shape index (κ3) is 2.53. The Morgan fingerprint density at radius 1 is 1.20 bits per heavy atom. The summed E-state index contributed by atoms with van der Waals surface area (Å²) in [6, 6.07) is 8.05. The number of aromatic nitrogens is 2. The predicted octanol–water partition coefficient (Wildman–Crippen LogP) is 1.67. The highest BCUT2D eigenvalue weighted by Crippen LogP contribution is 2.06. The molecule has 1 aromatic heterocycles. The molecule has 2 rings (SSSR count). The third-order valence-corrected chi connectivity index (χ3v) is 2.27. The van der Waals surface area contributed by atoms with Crippen molar-refractivity contribution >= 4 is 6.29 Å². The van der Waals surface area contributed by atoms with Crippen LogP contribution in [0.25, 0.3) is 0 Å². The minimum atomic E-state index is 0.491. The molecule has 76 valence electrons. The van der Waals surface area contributed by atoms with Gasteiger partial charge in [0.15, 0.2) is 0 Å². The van der Waals surface area contributed by atoms with E-state index in [1.54, 1.807) is 12.5 Å². The van der Waals surface area contributed by atoms with Gasteiger partial charge in [-0.1, -0.05) is 24.3 Å². The SMILES string of the molecule is O=CCc1ccc(Cn2ccnc2)cc1. The maximum absolute atomic E-state index is 10.3. The molecule has 0 saturated heterocycles. The molecule has 1 aromatic carbocycles. The van der Waals surface area contributed by atoms with E-state index in [0.717, 1.165) is 18.4 Å². The van der Waals surface area contributed by atoms with Crippen molar-refractivity contribution in [2.24, 2.45) is 0 Å². The van der Waals surface area contributed by atoms with Crippen molar-refractivity contribution in [3.63, 3.8) is 0 Å². The molecule has 0 atom stereocenters. The lowest BCUT2D eigenvalue weighted by molar-refractivity contribution is -0.107. The molecular weight excluding hydrogens is 188 g/mol. The Labute approximate surface area is 88.4 Å². The number of hydrogen-bond acceptors (Lipinski definition) is 2. The van der Waals surface area contributed by atoms with E-state index in [0.29, 0.717) is 6.42 Å². The van der Waals surface area contributed by atoms with E-state index in [-0.39, 0.29) is 0 Å². The fourth-order valence-corrected chi connectivity index (χ4v) is 1.47. The molecule has 0 fully saturated rings. The molecule has 0 aliphatic rings. The lowest BCUT2D eigenvalue weighted by Gasteiger charge is -2.03. The summed E-state index contributed by atoms with van der Waals surface area (Å²) in [6.07, 6.45) is 6.90. The summed E-state index contributed by atoms with van der Waals surface area (Å²) in [6.45, 7) is 0.821. The van der Waals surface area contributed by atoms with Crippen molar-refractivity contribution in [3.8, 4) is 0 Å². The van der Waals surface area contributed by atoms with Crippen LogP contribution >= 0.6 is 0 Å². The maximum Gasteiger partial charge on any atom is 0.124 e. The molecule has 0 amide bonds. The first-order chi connectivity index (χ1) is 7.38. The molecule has 0 bridgehead atoms. The molecule has 0 N–H and O–H groups in total. The third-order valence-electron chi connectivity index (χ3n) is 2.27. The normalized spacial score (nSPS) is 10.1. The van der Waals surface area contributed by atoms with Gasteiger partial charge >= 0.3 is 0 Å². The lowest BCUT2D eigenvalue weighted by atomic mass is 10.1. The second-order valence-corrected chi connectivity index (χ2v) is 3.42. The molecule has 3 heteroatoms. The van der Waals surface area contributed by atoms with E-state index < -0.39 is 0 Å². The Morgan fingerprint density at radius 3 is 2.53 bits per heavy atom. The first kappa shape index (κ1) is 9.65. The van der Waals surface area contributed by atoms with Crippen molar-refractivity contribution < 1.29 is 4.79 Å². The molecule has 3 nitrogen and oxygen atoms in total. The summed E-state index contributed by atoms with van der Waals surface area (Å²) in [5.74, 6) is 0. The molecule has 0 aliphatic heterocycles. The van der Waals surface area contributed by atoms with E-state index in [1.165, 1.54) is 5.56 Å². The number of aldehydes is 1. The van der Waals surface area contributed by atoms with Gasteiger partial charge in [0, 0.05) is 25.4 Å². The zero-order chi connectivity index (χ0) is 10.5. The van der Waals surface area contributed by atoms with E-state index in [2.05, 4.69) is 4.98 Å². The molecule has 0 spiro atoms. The van der Waals surface area contributed by atoms with Crippen LogP contribution in [-0.4, -0.2) is 15.8 Å². The van der Waals surface area contributed by atoms with E-state index >= 15 is 0 Å². The Bertz CT molecular complexity index is 417. The predicted molar refractivity (Wildman–Crippen MR) is 57.5 cm³/mol. The van der Waals surface area contributed by atoms with Crippen molar-refractivity contribution in [2.75, 3.05) is 0 Å². The Kier molecular flexibility index (Phi) is 2.93. The smallest absolute Gasteiger partial charge is 0.124 e. The maximum atomic E-state index is 10.3. The Morgan fingerprint density at radius 2 is 1.93 bits per heavy atom. The topological polar surface area (TPSA) is 34.9 Å². The molecule has 1 heterocycles. The van der Waals surface area contributed by atoms with Crippen LogP contribution in [0.1, 0.15) is 11.1 Å². The van der Waals surface area contributed by atoms with E-state index in [1.807, 2.05) is 35.0 Å². The van der Waals surface area contributed by atoms with E-state index in [9.17, 15) is 4.79 Å². The number of rotatable bonds is 4. The number of imidazole rings is 1. The van der Waals surface area contributed by atoms with Crippen molar-refractivity contribution in [2.45, 2.75) is 13.0 Å². The molecule has 0 unspecified atom stereocenters. The van der Waals surface area contributed by atoms with Gasteiger partial charge in [-0.25, -0.2) is 4.98 Å². The van der Waals surface area contributed by atoms with E-state index in [4.69, 9.17) is 0 Å². The minimum absolute atomic E-state index is 0.491. The summed E-state index contributed by atoms with van der Waals surface area (Å²) in [5.41, 5.74) is 2.27. The summed E-state index contributed by atoms with van der Waals surface area (Å²) >= 11 is 0. The molecule has 2 aromatic rings. The summed E-state index contributed by atoms with van der Waals surface area (Å²) in [5, 5.41) is 0. The highest BCUT2D eigenvalue weighted by atomic mass is 16.1. The number of hydrogen-bond donors (Lipinski definition) is 0. The average Bonchev–Trinajstić information content (AvgIpc) is 2.74. The van der Waals surface area contributed by atoms with Crippen molar-refractivity contribution in [3.05, 3.63) is 54.1 Å². The van der Waals surface area contributed by atoms with Gasteiger partial charge in [-0.3, -0.25) is 0 Å². The molecule has 0 aliphatic carbocycles. The van der Waals surface area contributed by atoms with Gasteiger partial charge in [-0.05, 0) is 11.1 Å². The minimum Gasteiger partial charge on any atom is -0.333 e. The molecule has 0 radical (unpaired) electrons. The first-order valence-electron chi connectivity index (χ1n) is 4.85. The zero-order valence-corrected chi connectivity index (χ0v) is 8.34. The first-order valence-corrected chi connectivity index (χ1v) is 4.85. The van der Waals surface area contributed by atoms with Crippen LogP contribution in [0.4, 0.5) is 0 Å². The van der Waals surface area contributed by atoms with Crippen molar-refractivity contribution in [1.82, 2.24) is 9.55 Å². The monoisotopic (exact) mass is 200 g/mol. The number of carbonyl (C=O) groups is 1.